The average Bonchev–Trinajstić information content (AvgIpc) is 3.32. The number of benzene rings is 3. The van der Waals surface area contributed by atoms with Crippen molar-refractivity contribution in [3.63, 3.8) is 0 Å². The van der Waals surface area contributed by atoms with E-state index in [1.165, 1.54) is 0 Å². The van der Waals surface area contributed by atoms with E-state index in [9.17, 15) is 9.59 Å². The van der Waals surface area contributed by atoms with Crippen LogP contribution < -0.4 is 5.32 Å². The van der Waals surface area contributed by atoms with Crippen LogP contribution in [0.25, 0.3) is 0 Å². The molecule has 0 aromatic heterocycles. The minimum absolute atomic E-state index is 0.0258. The molecule has 4 heteroatoms. The molecule has 0 saturated heterocycles. The zero-order chi connectivity index (χ0) is 21.7. The van der Waals surface area contributed by atoms with E-state index in [2.05, 4.69) is 5.32 Å². The SMILES string of the molecule is CN(Cc1ccccc1)C(=O)c1ccccc1NC(=O)C1(c2ccccc2)CCCC1. The third-order valence-electron chi connectivity index (χ3n) is 6.23. The first-order valence-electron chi connectivity index (χ1n) is 10.9. The normalized spacial score (nSPS) is 14.7. The van der Waals surface area contributed by atoms with Gasteiger partial charge < -0.3 is 10.2 Å². The van der Waals surface area contributed by atoms with Crippen LogP contribution in [0.15, 0.2) is 84.9 Å². The topological polar surface area (TPSA) is 49.4 Å². The molecule has 1 N–H and O–H groups in total. The fraction of sp³-hybridized carbons (Fsp3) is 0.259. The number of carbonyl (C=O) groups is 2. The number of carbonyl (C=O) groups excluding carboxylic acids is 2. The molecule has 0 spiro atoms. The quantitative estimate of drug-likeness (QED) is 0.589. The Kier molecular flexibility index (Phi) is 6.17. The standard InChI is InChI=1S/C27H28N2O2/c1-29(20-21-12-4-2-5-13-21)25(30)23-16-8-9-17-24(23)28-26(31)27(18-10-11-19-27)22-14-6-3-7-15-22/h2-9,12-17H,10-11,18-20H2,1H3,(H,28,31). The maximum atomic E-state index is 13.5. The first kappa shape index (κ1) is 20.9. The molecule has 158 valence electrons. The van der Waals surface area contributed by atoms with Gasteiger partial charge in [-0.2, -0.15) is 0 Å². The number of amides is 2. The molecule has 4 rings (SSSR count). The summed E-state index contributed by atoms with van der Waals surface area (Å²) in [4.78, 5) is 28.4. The van der Waals surface area contributed by atoms with E-state index < -0.39 is 5.41 Å². The number of nitrogens with one attached hydrogen (secondary N) is 1. The van der Waals surface area contributed by atoms with Gasteiger partial charge in [0.25, 0.3) is 5.91 Å². The monoisotopic (exact) mass is 412 g/mol. The van der Waals surface area contributed by atoms with Crippen molar-refractivity contribution >= 4 is 17.5 Å². The maximum Gasteiger partial charge on any atom is 0.256 e. The van der Waals surface area contributed by atoms with Gasteiger partial charge in [-0.3, -0.25) is 9.59 Å². The predicted molar refractivity (Wildman–Crippen MR) is 124 cm³/mol. The van der Waals surface area contributed by atoms with Crippen LogP contribution in [-0.4, -0.2) is 23.8 Å². The highest BCUT2D eigenvalue weighted by atomic mass is 16.2. The van der Waals surface area contributed by atoms with Gasteiger partial charge in [-0.05, 0) is 36.1 Å². The highest BCUT2D eigenvalue weighted by Gasteiger charge is 2.42. The van der Waals surface area contributed by atoms with Crippen molar-refractivity contribution in [3.8, 4) is 0 Å². The summed E-state index contributed by atoms with van der Waals surface area (Å²) in [6, 6.07) is 27.2. The number of hydrogen-bond donors (Lipinski definition) is 1. The molecule has 0 heterocycles. The molecule has 0 bridgehead atoms. The van der Waals surface area contributed by atoms with Crippen LogP contribution in [0.3, 0.4) is 0 Å². The molecule has 0 radical (unpaired) electrons. The Morgan fingerprint density at radius 1 is 0.839 bits per heavy atom. The van der Waals surface area contributed by atoms with Crippen LogP contribution in [0.1, 0.15) is 47.2 Å². The molecule has 0 aliphatic heterocycles. The van der Waals surface area contributed by atoms with Gasteiger partial charge in [-0.1, -0.05) is 85.6 Å². The Morgan fingerprint density at radius 3 is 2.10 bits per heavy atom. The van der Waals surface area contributed by atoms with Crippen LogP contribution in [-0.2, 0) is 16.8 Å². The van der Waals surface area contributed by atoms with Crippen LogP contribution in [0.2, 0.25) is 0 Å². The smallest absolute Gasteiger partial charge is 0.256 e. The Hall–Kier alpha value is -3.40. The minimum atomic E-state index is -0.534. The van der Waals surface area contributed by atoms with Crippen LogP contribution in [0, 0.1) is 0 Å². The van der Waals surface area contributed by atoms with E-state index in [1.54, 1.807) is 18.0 Å². The van der Waals surface area contributed by atoms with Gasteiger partial charge in [0.05, 0.1) is 16.7 Å². The lowest BCUT2D eigenvalue weighted by Gasteiger charge is -2.29. The van der Waals surface area contributed by atoms with Gasteiger partial charge in [-0.25, -0.2) is 0 Å². The van der Waals surface area contributed by atoms with Crippen molar-refractivity contribution in [2.75, 3.05) is 12.4 Å². The molecule has 2 amide bonds. The molecule has 0 atom stereocenters. The second kappa shape index (κ2) is 9.17. The molecular formula is C27H28N2O2. The first-order chi connectivity index (χ1) is 15.1. The minimum Gasteiger partial charge on any atom is -0.337 e. The number of para-hydroxylation sites is 1. The number of nitrogens with zero attached hydrogens (tertiary/aromatic N) is 1. The fourth-order valence-corrected chi connectivity index (χ4v) is 4.54. The average molecular weight is 413 g/mol. The lowest BCUT2D eigenvalue weighted by atomic mass is 9.78. The predicted octanol–water partition coefficient (Wildman–Crippen LogP) is 5.41. The molecule has 1 saturated carbocycles. The molecule has 0 unspecified atom stereocenters. The number of anilines is 1. The molecule has 1 aliphatic carbocycles. The third-order valence-corrected chi connectivity index (χ3v) is 6.23. The summed E-state index contributed by atoms with van der Waals surface area (Å²) in [7, 11) is 1.79. The summed E-state index contributed by atoms with van der Waals surface area (Å²) in [5, 5.41) is 3.10. The lowest BCUT2D eigenvalue weighted by molar-refractivity contribution is -0.121. The second-order valence-corrected chi connectivity index (χ2v) is 8.30. The van der Waals surface area contributed by atoms with Gasteiger partial charge in [0.15, 0.2) is 0 Å². The van der Waals surface area contributed by atoms with Crippen molar-refractivity contribution < 1.29 is 9.59 Å². The zero-order valence-corrected chi connectivity index (χ0v) is 17.9. The third kappa shape index (κ3) is 4.38. The van der Waals surface area contributed by atoms with E-state index in [1.807, 2.05) is 78.9 Å². The molecule has 31 heavy (non-hydrogen) atoms. The van der Waals surface area contributed by atoms with Crippen molar-refractivity contribution in [2.45, 2.75) is 37.6 Å². The van der Waals surface area contributed by atoms with Gasteiger partial charge in [0.2, 0.25) is 5.91 Å². The summed E-state index contributed by atoms with van der Waals surface area (Å²) >= 11 is 0. The molecule has 3 aromatic rings. The van der Waals surface area contributed by atoms with Crippen molar-refractivity contribution in [2.24, 2.45) is 0 Å². The summed E-state index contributed by atoms with van der Waals surface area (Å²) in [5.74, 6) is -0.137. The van der Waals surface area contributed by atoms with E-state index in [0.717, 1.165) is 36.8 Å². The molecule has 4 nitrogen and oxygen atoms in total. The van der Waals surface area contributed by atoms with E-state index in [0.29, 0.717) is 17.8 Å². The summed E-state index contributed by atoms with van der Waals surface area (Å²) < 4.78 is 0. The largest absolute Gasteiger partial charge is 0.337 e. The fourth-order valence-electron chi connectivity index (χ4n) is 4.54. The maximum absolute atomic E-state index is 13.5. The summed E-state index contributed by atoms with van der Waals surface area (Å²) in [6.07, 6.45) is 3.71. The first-order valence-corrected chi connectivity index (χ1v) is 10.9. The van der Waals surface area contributed by atoms with E-state index in [-0.39, 0.29) is 11.8 Å². The lowest BCUT2D eigenvalue weighted by Crippen LogP contribution is -2.38. The van der Waals surface area contributed by atoms with Crippen molar-refractivity contribution in [3.05, 3.63) is 102 Å². The number of hydrogen-bond acceptors (Lipinski definition) is 2. The van der Waals surface area contributed by atoms with Crippen LogP contribution >= 0.6 is 0 Å². The zero-order valence-electron chi connectivity index (χ0n) is 17.9. The highest BCUT2D eigenvalue weighted by Crippen LogP contribution is 2.42. The van der Waals surface area contributed by atoms with Crippen LogP contribution in [0.4, 0.5) is 5.69 Å². The van der Waals surface area contributed by atoms with E-state index in [4.69, 9.17) is 0 Å². The summed E-state index contributed by atoms with van der Waals surface area (Å²) in [6.45, 7) is 0.510. The highest BCUT2D eigenvalue weighted by molar-refractivity contribution is 6.06. The van der Waals surface area contributed by atoms with Gasteiger partial charge in [-0.15, -0.1) is 0 Å². The number of rotatable bonds is 6. The van der Waals surface area contributed by atoms with E-state index >= 15 is 0 Å². The van der Waals surface area contributed by atoms with Crippen LogP contribution in [0.5, 0.6) is 0 Å². The van der Waals surface area contributed by atoms with Gasteiger partial charge in [0, 0.05) is 13.6 Å². The van der Waals surface area contributed by atoms with Gasteiger partial charge in [0.1, 0.15) is 0 Å². The summed E-state index contributed by atoms with van der Waals surface area (Å²) in [5.41, 5.74) is 2.66. The molecular weight excluding hydrogens is 384 g/mol. The Bertz CT molecular complexity index is 1040. The Morgan fingerprint density at radius 2 is 1.42 bits per heavy atom. The van der Waals surface area contributed by atoms with Crippen molar-refractivity contribution in [1.29, 1.82) is 0 Å². The molecule has 1 aliphatic rings. The Balaban J connectivity index is 1.57. The molecule has 3 aromatic carbocycles. The van der Waals surface area contributed by atoms with Crippen molar-refractivity contribution in [1.82, 2.24) is 4.90 Å². The van der Waals surface area contributed by atoms with Gasteiger partial charge >= 0.3 is 0 Å². The second-order valence-electron chi connectivity index (χ2n) is 8.30. The Labute approximate surface area is 183 Å². The molecule has 1 fully saturated rings.